The molecular weight excluding hydrogens is 210 g/mol. The Morgan fingerprint density at radius 2 is 2.07 bits per heavy atom. The van der Waals surface area contributed by atoms with Crippen LogP contribution in [0.4, 0.5) is 8.78 Å². The molecule has 1 aliphatic rings. The summed E-state index contributed by atoms with van der Waals surface area (Å²) in [5.41, 5.74) is 0. The van der Waals surface area contributed by atoms with E-state index < -0.39 is 5.92 Å². The zero-order valence-corrected chi connectivity index (χ0v) is 8.10. The molecule has 0 unspecified atom stereocenters. The predicted molar refractivity (Wildman–Crippen MR) is 50.0 cm³/mol. The molecule has 0 radical (unpaired) electrons. The fraction of sp³-hybridized carbons (Fsp3) is 0.400. The second kappa shape index (κ2) is 3.39. The monoisotopic (exact) mass is 218 g/mol. The first-order chi connectivity index (χ1) is 6.55. The highest BCUT2D eigenvalue weighted by molar-refractivity contribution is 6.30. The van der Waals surface area contributed by atoms with Crippen molar-refractivity contribution in [2.45, 2.75) is 24.9 Å². The van der Waals surface area contributed by atoms with Gasteiger partial charge in [0.15, 0.2) is 0 Å². The van der Waals surface area contributed by atoms with Gasteiger partial charge in [0.1, 0.15) is 11.9 Å². The molecule has 0 saturated heterocycles. The van der Waals surface area contributed by atoms with Crippen LogP contribution in [0.3, 0.4) is 0 Å². The predicted octanol–water partition coefficient (Wildman–Crippen LogP) is 3.52. The van der Waals surface area contributed by atoms with E-state index in [1.165, 1.54) is 0 Å². The lowest BCUT2D eigenvalue weighted by molar-refractivity contribution is -0.134. The van der Waals surface area contributed by atoms with Gasteiger partial charge >= 0.3 is 0 Å². The van der Waals surface area contributed by atoms with Crippen LogP contribution in [0, 0.1) is 0 Å². The van der Waals surface area contributed by atoms with Crippen molar-refractivity contribution in [3.8, 4) is 5.75 Å². The van der Waals surface area contributed by atoms with Crippen molar-refractivity contribution in [3.05, 3.63) is 29.3 Å². The van der Waals surface area contributed by atoms with Gasteiger partial charge in [0.2, 0.25) is 0 Å². The molecule has 0 atom stereocenters. The topological polar surface area (TPSA) is 9.23 Å². The van der Waals surface area contributed by atoms with Crippen molar-refractivity contribution >= 4 is 11.6 Å². The largest absolute Gasteiger partial charge is 0.490 e. The van der Waals surface area contributed by atoms with Crippen molar-refractivity contribution in [1.29, 1.82) is 0 Å². The minimum absolute atomic E-state index is 0.195. The van der Waals surface area contributed by atoms with Crippen LogP contribution in [-0.4, -0.2) is 12.0 Å². The Balaban J connectivity index is 1.93. The van der Waals surface area contributed by atoms with Gasteiger partial charge in [-0.15, -0.1) is 0 Å². The number of hydrogen-bond donors (Lipinski definition) is 0. The highest BCUT2D eigenvalue weighted by Crippen LogP contribution is 2.39. The summed E-state index contributed by atoms with van der Waals surface area (Å²) in [5, 5.41) is 0.550. The van der Waals surface area contributed by atoms with Crippen molar-refractivity contribution in [2.75, 3.05) is 0 Å². The van der Waals surface area contributed by atoms with E-state index in [2.05, 4.69) is 0 Å². The van der Waals surface area contributed by atoms with Gasteiger partial charge < -0.3 is 4.74 Å². The molecule has 0 spiro atoms. The Morgan fingerprint density at radius 1 is 1.36 bits per heavy atom. The van der Waals surface area contributed by atoms with Crippen LogP contribution < -0.4 is 4.74 Å². The van der Waals surface area contributed by atoms with Gasteiger partial charge in [-0.25, -0.2) is 8.78 Å². The average molecular weight is 219 g/mol. The fourth-order valence-electron chi connectivity index (χ4n) is 1.42. The van der Waals surface area contributed by atoms with Crippen molar-refractivity contribution < 1.29 is 13.5 Å². The maximum atomic E-state index is 12.5. The summed E-state index contributed by atoms with van der Waals surface area (Å²) in [5.74, 6) is -1.98. The fourth-order valence-corrected chi connectivity index (χ4v) is 1.60. The summed E-state index contributed by atoms with van der Waals surface area (Å²) in [6.45, 7) is 0. The number of ether oxygens (including phenoxy) is 1. The molecule has 1 aromatic rings. The molecule has 0 bridgehead atoms. The summed E-state index contributed by atoms with van der Waals surface area (Å²) in [6, 6.07) is 6.78. The average Bonchev–Trinajstić information content (AvgIpc) is 2.00. The number of alkyl halides is 2. The van der Waals surface area contributed by atoms with Gasteiger partial charge in [-0.3, -0.25) is 0 Å². The lowest BCUT2D eigenvalue weighted by Gasteiger charge is -2.34. The van der Waals surface area contributed by atoms with Crippen LogP contribution in [-0.2, 0) is 0 Å². The molecule has 4 heteroatoms. The number of benzene rings is 1. The van der Waals surface area contributed by atoms with Gasteiger partial charge in [-0.05, 0) is 18.2 Å². The molecule has 2 rings (SSSR count). The third-order valence-corrected chi connectivity index (χ3v) is 2.39. The minimum atomic E-state index is -2.54. The molecule has 1 aliphatic carbocycles. The maximum absolute atomic E-state index is 12.5. The molecule has 1 saturated carbocycles. The molecule has 14 heavy (non-hydrogen) atoms. The van der Waals surface area contributed by atoms with E-state index >= 15 is 0 Å². The Hall–Kier alpha value is -0.830. The summed E-state index contributed by atoms with van der Waals surface area (Å²) >= 11 is 5.72. The number of halogens is 3. The summed E-state index contributed by atoms with van der Waals surface area (Å²) in [4.78, 5) is 0. The van der Waals surface area contributed by atoms with E-state index in [0.717, 1.165) is 0 Å². The highest BCUT2D eigenvalue weighted by Gasteiger charge is 2.46. The van der Waals surface area contributed by atoms with Crippen molar-refractivity contribution in [1.82, 2.24) is 0 Å². The van der Waals surface area contributed by atoms with Crippen LogP contribution >= 0.6 is 11.6 Å². The normalized spacial score (nSPS) is 20.2. The van der Waals surface area contributed by atoms with Gasteiger partial charge in [0.05, 0.1) is 0 Å². The SMILES string of the molecule is FC1(F)CC(Oc2cccc(Cl)c2)C1. The molecule has 0 aliphatic heterocycles. The summed E-state index contributed by atoms with van der Waals surface area (Å²) in [7, 11) is 0. The highest BCUT2D eigenvalue weighted by atomic mass is 35.5. The minimum Gasteiger partial charge on any atom is -0.490 e. The third-order valence-electron chi connectivity index (χ3n) is 2.15. The first kappa shape index (κ1) is 9.71. The molecule has 1 aromatic carbocycles. The van der Waals surface area contributed by atoms with E-state index in [1.54, 1.807) is 24.3 Å². The molecule has 0 aromatic heterocycles. The Kier molecular flexibility index (Phi) is 2.35. The Labute approximate surface area is 85.6 Å². The van der Waals surface area contributed by atoms with Gasteiger partial charge in [-0.1, -0.05) is 17.7 Å². The van der Waals surface area contributed by atoms with E-state index in [4.69, 9.17) is 16.3 Å². The second-order valence-electron chi connectivity index (χ2n) is 3.46. The van der Waals surface area contributed by atoms with Crippen LogP contribution in [0.2, 0.25) is 5.02 Å². The lowest BCUT2D eigenvalue weighted by Crippen LogP contribution is -2.43. The second-order valence-corrected chi connectivity index (χ2v) is 3.90. The molecule has 0 heterocycles. The van der Waals surface area contributed by atoms with Gasteiger partial charge in [0, 0.05) is 17.9 Å². The number of rotatable bonds is 2. The smallest absolute Gasteiger partial charge is 0.255 e. The van der Waals surface area contributed by atoms with E-state index in [9.17, 15) is 8.78 Å². The van der Waals surface area contributed by atoms with Gasteiger partial charge in [0.25, 0.3) is 5.92 Å². The molecule has 0 N–H and O–H groups in total. The molecule has 0 amide bonds. The summed E-state index contributed by atoms with van der Waals surface area (Å²) in [6.07, 6.45) is -0.762. The maximum Gasteiger partial charge on any atom is 0.255 e. The first-order valence-electron chi connectivity index (χ1n) is 4.35. The third kappa shape index (κ3) is 2.15. The van der Waals surface area contributed by atoms with Crippen LogP contribution in [0.15, 0.2) is 24.3 Å². The van der Waals surface area contributed by atoms with Crippen molar-refractivity contribution in [2.24, 2.45) is 0 Å². The van der Waals surface area contributed by atoms with Crippen molar-refractivity contribution in [3.63, 3.8) is 0 Å². The molecule has 1 nitrogen and oxygen atoms in total. The standard InChI is InChI=1S/C10H9ClF2O/c11-7-2-1-3-8(4-7)14-9-5-10(12,13)6-9/h1-4,9H,5-6H2. The molecule has 1 fully saturated rings. The van der Waals surface area contributed by atoms with E-state index in [1.807, 2.05) is 0 Å². The number of hydrogen-bond acceptors (Lipinski definition) is 1. The van der Waals surface area contributed by atoms with Gasteiger partial charge in [-0.2, -0.15) is 0 Å². The van der Waals surface area contributed by atoms with Crippen LogP contribution in [0.25, 0.3) is 0 Å². The quantitative estimate of drug-likeness (QED) is 0.738. The zero-order valence-electron chi connectivity index (χ0n) is 7.34. The zero-order chi connectivity index (χ0) is 10.2. The lowest BCUT2D eigenvalue weighted by atomic mass is 9.91. The Morgan fingerprint density at radius 3 is 2.64 bits per heavy atom. The van der Waals surface area contributed by atoms with E-state index in [-0.39, 0.29) is 18.9 Å². The van der Waals surface area contributed by atoms with Crippen LogP contribution in [0.1, 0.15) is 12.8 Å². The molecule has 76 valence electrons. The Bertz CT molecular complexity index is 333. The van der Waals surface area contributed by atoms with Crippen LogP contribution in [0.5, 0.6) is 5.75 Å². The summed E-state index contributed by atoms with van der Waals surface area (Å²) < 4.78 is 30.2. The first-order valence-corrected chi connectivity index (χ1v) is 4.73. The molecular formula is C10H9ClF2O. The van der Waals surface area contributed by atoms with E-state index in [0.29, 0.717) is 10.8 Å².